The number of hydrogen-bond donors (Lipinski definition) is 1. The Hall–Kier alpha value is -2.29. The number of aromatic nitrogens is 1. The SMILES string of the molecule is Cc1cc(-c2cc3cccc(C)c3o2)cnc1N. The molecule has 0 aliphatic heterocycles. The number of para-hydroxylation sites is 1. The molecule has 0 fully saturated rings. The summed E-state index contributed by atoms with van der Waals surface area (Å²) in [4.78, 5) is 4.17. The Kier molecular flexibility index (Phi) is 2.33. The van der Waals surface area contributed by atoms with Crippen molar-refractivity contribution in [2.45, 2.75) is 13.8 Å². The van der Waals surface area contributed by atoms with Gasteiger partial charge in [-0.1, -0.05) is 18.2 Å². The Morgan fingerprint density at radius 2 is 1.94 bits per heavy atom. The first-order chi connectivity index (χ1) is 8.65. The first-order valence-electron chi connectivity index (χ1n) is 5.87. The van der Waals surface area contributed by atoms with Gasteiger partial charge in [0.05, 0.1) is 0 Å². The van der Waals surface area contributed by atoms with E-state index in [1.54, 1.807) is 6.20 Å². The summed E-state index contributed by atoms with van der Waals surface area (Å²) in [6, 6.07) is 10.2. The molecular formula is C15H14N2O. The van der Waals surface area contributed by atoms with E-state index < -0.39 is 0 Å². The normalized spacial score (nSPS) is 11.0. The highest BCUT2D eigenvalue weighted by Gasteiger charge is 2.09. The topological polar surface area (TPSA) is 52.0 Å². The predicted molar refractivity (Wildman–Crippen MR) is 73.3 cm³/mol. The maximum atomic E-state index is 5.90. The van der Waals surface area contributed by atoms with Crippen LogP contribution in [-0.2, 0) is 0 Å². The van der Waals surface area contributed by atoms with Crippen LogP contribution in [0.15, 0.2) is 40.9 Å². The van der Waals surface area contributed by atoms with Crippen molar-refractivity contribution in [1.29, 1.82) is 0 Å². The number of fused-ring (bicyclic) bond motifs is 1. The zero-order chi connectivity index (χ0) is 12.7. The van der Waals surface area contributed by atoms with Crippen molar-refractivity contribution >= 4 is 16.8 Å². The van der Waals surface area contributed by atoms with Crippen molar-refractivity contribution in [3.8, 4) is 11.3 Å². The summed E-state index contributed by atoms with van der Waals surface area (Å²) >= 11 is 0. The van der Waals surface area contributed by atoms with Crippen LogP contribution in [0.25, 0.3) is 22.3 Å². The van der Waals surface area contributed by atoms with Gasteiger partial charge in [0, 0.05) is 17.1 Å². The van der Waals surface area contributed by atoms with E-state index in [1.165, 1.54) is 0 Å². The second kappa shape index (κ2) is 3.88. The zero-order valence-electron chi connectivity index (χ0n) is 10.4. The Morgan fingerprint density at radius 3 is 2.67 bits per heavy atom. The first kappa shape index (κ1) is 10.8. The third-order valence-electron chi connectivity index (χ3n) is 3.14. The maximum absolute atomic E-state index is 5.90. The molecule has 0 saturated carbocycles. The van der Waals surface area contributed by atoms with Gasteiger partial charge in [-0.2, -0.15) is 0 Å². The molecule has 0 radical (unpaired) electrons. The summed E-state index contributed by atoms with van der Waals surface area (Å²) in [7, 11) is 0. The highest BCUT2D eigenvalue weighted by Crippen LogP contribution is 2.30. The molecule has 2 N–H and O–H groups in total. The van der Waals surface area contributed by atoms with Gasteiger partial charge in [0.25, 0.3) is 0 Å². The molecule has 3 aromatic rings. The molecule has 2 aromatic heterocycles. The number of benzene rings is 1. The van der Waals surface area contributed by atoms with Crippen LogP contribution in [0.5, 0.6) is 0 Å². The monoisotopic (exact) mass is 238 g/mol. The Labute approximate surface area is 105 Å². The van der Waals surface area contributed by atoms with Gasteiger partial charge in [0.15, 0.2) is 0 Å². The molecule has 0 amide bonds. The summed E-state index contributed by atoms with van der Waals surface area (Å²) in [5.41, 5.74) is 9.71. The van der Waals surface area contributed by atoms with Crippen LogP contribution in [-0.4, -0.2) is 4.98 Å². The number of rotatable bonds is 1. The lowest BCUT2D eigenvalue weighted by molar-refractivity contribution is 0.628. The summed E-state index contributed by atoms with van der Waals surface area (Å²) in [5.74, 6) is 1.39. The smallest absolute Gasteiger partial charge is 0.137 e. The van der Waals surface area contributed by atoms with Gasteiger partial charge in [0.1, 0.15) is 17.2 Å². The molecule has 1 aromatic carbocycles. The van der Waals surface area contributed by atoms with E-state index in [-0.39, 0.29) is 0 Å². The van der Waals surface area contributed by atoms with Gasteiger partial charge >= 0.3 is 0 Å². The number of hydrogen-bond acceptors (Lipinski definition) is 3. The molecule has 3 nitrogen and oxygen atoms in total. The number of anilines is 1. The fraction of sp³-hybridized carbons (Fsp3) is 0.133. The van der Waals surface area contributed by atoms with E-state index in [2.05, 4.69) is 4.98 Å². The molecule has 0 unspecified atom stereocenters. The molecule has 0 aliphatic rings. The molecule has 0 atom stereocenters. The minimum absolute atomic E-state index is 0.561. The summed E-state index contributed by atoms with van der Waals surface area (Å²) < 4.78 is 5.90. The van der Waals surface area contributed by atoms with Crippen molar-refractivity contribution in [2.75, 3.05) is 5.73 Å². The van der Waals surface area contributed by atoms with Gasteiger partial charge in [-0.15, -0.1) is 0 Å². The molecule has 0 bridgehead atoms. The average molecular weight is 238 g/mol. The molecular weight excluding hydrogens is 224 g/mol. The van der Waals surface area contributed by atoms with E-state index in [1.807, 2.05) is 44.2 Å². The lowest BCUT2D eigenvalue weighted by Crippen LogP contribution is -1.93. The van der Waals surface area contributed by atoms with E-state index in [0.717, 1.165) is 33.4 Å². The number of nitrogens with two attached hydrogens (primary N) is 1. The minimum atomic E-state index is 0.561. The van der Waals surface area contributed by atoms with Crippen LogP contribution in [0.2, 0.25) is 0 Å². The molecule has 3 rings (SSSR count). The molecule has 0 aliphatic carbocycles. The third kappa shape index (κ3) is 1.64. The van der Waals surface area contributed by atoms with E-state index >= 15 is 0 Å². The summed E-state index contributed by atoms with van der Waals surface area (Å²) in [6.07, 6.45) is 1.75. The van der Waals surface area contributed by atoms with Gasteiger partial charge in [-0.05, 0) is 37.1 Å². The Bertz CT molecular complexity index is 728. The highest BCUT2D eigenvalue weighted by molar-refractivity contribution is 5.85. The maximum Gasteiger partial charge on any atom is 0.137 e. The standard InChI is InChI=1S/C15H14N2O/c1-9-4-3-5-11-7-13(18-14(9)11)12-6-10(2)15(16)17-8-12/h3-8H,1-2H3,(H2,16,17). The van der Waals surface area contributed by atoms with Gasteiger partial charge in [0.2, 0.25) is 0 Å². The van der Waals surface area contributed by atoms with Gasteiger partial charge in [-0.25, -0.2) is 4.98 Å². The molecule has 90 valence electrons. The van der Waals surface area contributed by atoms with Crippen molar-refractivity contribution in [3.63, 3.8) is 0 Å². The highest BCUT2D eigenvalue weighted by atomic mass is 16.3. The summed E-state index contributed by atoms with van der Waals surface area (Å²) in [6.45, 7) is 3.99. The molecule has 0 saturated heterocycles. The van der Waals surface area contributed by atoms with Crippen molar-refractivity contribution in [3.05, 3.63) is 47.7 Å². The second-order valence-corrected chi connectivity index (χ2v) is 4.53. The van der Waals surface area contributed by atoms with Crippen LogP contribution in [0, 0.1) is 13.8 Å². The number of furan rings is 1. The quantitative estimate of drug-likeness (QED) is 0.703. The lowest BCUT2D eigenvalue weighted by Gasteiger charge is -2.01. The third-order valence-corrected chi connectivity index (χ3v) is 3.14. The van der Waals surface area contributed by atoms with E-state index in [9.17, 15) is 0 Å². The van der Waals surface area contributed by atoms with Crippen molar-refractivity contribution in [2.24, 2.45) is 0 Å². The molecule has 0 spiro atoms. The molecule has 3 heteroatoms. The Morgan fingerprint density at radius 1 is 1.11 bits per heavy atom. The molecule has 2 heterocycles. The number of nitrogens with zero attached hydrogens (tertiary/aromatic N) is 1. The van der Waals surface area contributed by atoms with E-state index in [4.69, 9.17) is 10.2 Å². The van der Waals surface area contributed by atoms with Crippen molar-refractivity contribution in [1.82, 2.24) is 4.98 Å². The number of nitrogen functional groups attached to an aromatic ring is 1. The number of aryl methyl sites for hydroxylation is 2. The van der Waals surface area contributed by atoms with Gasteiger partial charge in [-0.3, -0.25) is 0 Å². The fourth-order valence-corrected chi connectivity index (χ4v) is 2.07. The molecule has 18 heavy (non-hydrogen) atoms. The Balaban J connectivity index is 2.19. The van der Waals surface area contributed by atoms with E-state index in [0.29, 0.717) is 5.82 Å². The predicted octanol–water partition coefficient (Wildman–Crippen LogP) is 3.69. The van der Waals surface area contributed by atoms with Gasteiger partial charge < -0.3 is 10.2 Å². The van der Waals surface area contributed by atoms with Crippen LogP contribution in [0.4, 0.5) is 5.82 Å². The van der Waals surface area contributed by atoms with Crippen molar-refractivity contribution < 1.29 is 4.42 Å². The summed E-state index contributed by atoms with van der Waals surface area (Å²) in [5, 5.41) is 1.11. The minimum Gasteiger partial charge on any atom is -0.456 e. The first-order valence-corrected chi connectivity index (χ1v) is 5.87. The average Bonchev–Trinajstić information content (AvgIpc) is 2.78. The fourth-order valence-electron chi connectivity index (χ4n) is 2.07. The lowest BCUT2D eigenvalue weighted by atomic mass is 10.1. The van der Waals surface area contributed by atoms with Crippen LogP contribution < -0.4 is 5.73 Å². The zero-order valence-corrected chi connectivity index (χ0v) is 10.4. The largest absolute Gasteiger partial charge is 0.456 e. The van der Waals surface area contributed by atoms with Crippen LogP contribution >= 0.6 is 0 Å². The van der Waals surface area contributed by atoms with Crippen LogP contribution in [0.3, 0.4) is 0 Å². The number of pyridine rings is 1. The second-order valence-electron chi connectivity index (χ2n) is 4.53. The van der Waals surface area contributed by atoms with Crippen LogP contribution in [0.1, 0.15) is 11.1 Å².